The van der Waals surface area contributed by atoms with Crippen molar-refractivity contribution in [3.8, 4) is 0 Å². The quantitative estimate of drug-likeness (QED) is 0.752. The Hall–Kier alpha value is -0.650. The minimum atomic E-state index is 0.218. The first-order valence-corrected chi connectivity index (χ1v) is 7.30. The fourth-order valence-corrected chi connectivity index (χ4v) is 2.37. The number of anilines is 2. The number of nitrogens with one attached hydrogen (secondary N) is 1. The Balaban J connectivity index is 2.36. The number of benzene rings is 1. The van der Waals surface area contributed by atoms with Crippen LogP contribution in [0.1, 0.15) is 12.5 Å². The molecule has 6 heteroatoms. The van der Waals surface area contributed by atoms with Gasteiger partial charge in [-0.05, 0) is 57.7 Å². The Bertz CT molecular complexity index is 575. The highest BCUT2D eigenvalue weighted by atomic mass is 79.9. The molecule has 0 unspecified atom stereocenters. The van der Waals surface area contributed by atoms with Gasteiger partial charge in [0.15, 0.2) is 0 Å². The van der Waals surface area contributed by atoms with E-state index in [9.17, 15) is 0 Å². The van der Waals surface area contributed by atoms with Crippen molar-refractivity contribution in [2.45, 2.75) is 13.3 Å². The van der Waals surface area contributed by atoms with E-state index in [1.165, 1.54) is 5.56 Å². The highest BCUT2D eigenvalue weighted by Crippen LogP contribution is 2.28. The molecule has 0 saturated heterocycles. The van der Waals surface area contributed by atoms with Crippen molar-refractivity contribution in [1.82, 2.24) is 9.97 Å². The van der Waals surface area contributed by atoms with E-state index < -0.39 is 0 Å². The molecule has 1 N–H and O–H groups in total. The van der Waals surface area contributed by atoms with E-state index in [0.29, 0.717) is 5.82 Å². The van der Waals surface area contributed by atoms with Crippen LogP contribution in [0, 0.1) is 0 Å². The smallest absolute Gasteiger partial charge is 0.224 e. The van der Waals surface area contributed by atoms with Crippen LogP contribution in [0.4, 0.5) is 11.5 Å². The molecular weight excluding hydrogens is 381 g/mol. The van der Waals surface area contributed by atoms with E-state index >= 15 is 0 Å². The van der Waals surface area contributed by atoms with Gasteiger partial charge in [0.1, 0.15) is 5.82 Å². The molecular formula is C12H10Br2ClN3. The lowest BCUT2D eigenvalue weighted by Crippen LogP contribution is -1.99. The molecule has 0 aliphatic rings. The van der Waals surface area contributed by atoms with Gasteiger partial charge in [-0.1, -0.05) is 22.9 Å². The molecule has 0 aliphatic carbocycles. The largest absolute Gasteiger partial charge is 0.339 e. The van der Waals surface area contributed by atoms with E-state index in [2.05, 4.69) is 60.1 Å². The summed E-state index contributed by atoms with van der Waals surface area (Å²) in [5.74, 6) is 0.659. The zero-order valence-electron chi connectivity index (χ0n) is 9.54. The van der Waals surface area contributed by atoms with Crippen LogP contribution in [-0.4, -0.2) is 9.97 Å². The fraction of sp³-hybridized carbons (Fsp3) is 0.167. The first kappa shape index (κ1) is 13.8. The van der Waals surface area contributed by atoms with Crippen LogP contribution < -0.4 is 5.32 Å². The predicted octanol–water partition coefficient (Wildman–Crippen LogP) is 4.96. The summed E-state index contributed by atoms with van der Waals surface area (Å²) in [5, 5.41) is 3.47. The summed E-state index contributed by atoms with van der Waals surface area (Å²) in [5.41, 5.74) is 2.21. The molecule has 0 bridgehead atoms. The summed E-state index contributed by atoms with van der Waals surface area (Å²) < 4.78 is 1.83. The van der Waals surface area contributed by atoms with Crippen LogP contribution in [0.25, 0.3) is 0 Å². The molecule has 0 atom stereocenters. The third kappa shape index (κ3) is 3.22. The van der Waals surface area contributed by atoms with Crippen molar-refractivity contribution >= 4 is 55.0 Å². The highest BCUT2D eigenvalue weighted by Gasteiger charge is 2.07. The van der Waals surface area contributed by atoms with E-state index in [-0.39, 0.29) is 5.28 Å². The van der Waals surface area contributed by atoms with Gasteiger partial charge in [0.05, 0.1) is 4.47 Å². The van der Waals surface area contributed by atoms with Crippen LogP contribution >= 0.6 is 43.5 Å². The first-order valence-electron chi connectivity index (χ1n) is 5.33. The van der Waals surface area contributed by atoms with Gasteiger partial charge in [0.2, 0.25) is 5.28 Å². The zero-order chi connectivity index (χ0) is 13.1. The van der Waals surface area contributed by atoms with Crippen molar-refractivity contribution < 1.29 is 0 Å². The lowest BCUT2D eigenvalue weighted by molar-refractivity contribution is 1.12. The molecule has 18 heavy (non-hydrogen) atoms. The summed E-state index contributed by atoms with van der Waals surface area (Å²) in [7, 11) is 0. The number of aryl methyl sites for hydroxylation is 1. The SMILES string of the molecule is CCc1cc(Br)ccc1Nc1nc(Cl)ncc1Br. The van der Waals surface area contributed by atoms with Gasteiger partial charge in [0.25, 0.3) is 0 Å². The molecule has 2 rings (SSSR count). The van der Waals surface area contributed by atoms with Crippen LogP contribution in [0.15, 0.2) is 33.3 Å². The van der Waals surface area contributed by atoms with Crippen molar-refractivity contribution in [2.24, 2.45) is 0 Å². The molecule has 94 valence electrons. The summed E-state index contributed by atoms with van der Waals surface area (Å²) >= 11 is 12.6. The Morgan fingerprint density at radius 1 is 1.33 bits per heavy atom. The van der Waals surface area contributed by atoms with E-state index in [1.807, 2.05) is 12.1 Å². The number of halogens is 3. The monoisotopic (exact) mass is 389 g/mol. The maximum atomic E-state index is 5.79. The lowest BCUT2D eigenvalue weighted by Gasteiger charge is -2.12. The average Bonchev–Trinajstić information content (AvgIpc) is 2.36. The number of hydrogen-bond donors (Lipinski definition) is 1. The molecule has 0 spiro atoms. The van der Waals surface area contributed by atoms with Gasteiger partial charge in [0, 0.05) is 16.4 Å². The molecule has 1 aromatic heterocycles. The molecule has 2 aromatic rings. The van der Waals surface area contributed by atoms with Crippen LogP contribution in [0.5, 0.6) is 0 Å². The maximum absolute atomic E-state index is 5.79. The van der Waals surface area contributed by atoms with Gasteiger partial charge in [-0.25, -0.2) is 4.98 Å². The van der Waals surface area contributed by atoms with Crippen molar-refractivity contribution in [1.29, 1.82) is 0 Å². The second-order valence-corrected chi connectivity index (χ2v) is 5.72. The number of rotatable bonds is 3. The van der Waals surface area contributed by atoms with Crippen LogP contribution in [0.3, 0.4) is 0 Å². The van der Waals surface area contributed by atoms with Crippen LogP contribution in [-0.2, 0) is 6.42 Å². The third-order valence-corrected chi connectivity index (χ3v) is 3.67. The normalized spacial score (nSPS) is 10.4. The Labute approximate surface area is 127 Å². The second-order valence-electron chi connectivity index (χ2n) is 3.62. The highest BCUT2D eigenvalue weighted by molar-refractivity contribution is 9.10. The van der Waals surface area contributed by atoms with Crippen molar-refractivity contribution in [3.05, 3.63) is 44.2 Å². The second kappa shape index (κ2) is 5.99. The van der Waals surface area contributed by atoms with Crippen molar-refractivity contribution in [2.75, 3.05) is 5.32 Å². The number of nitrogens with zero attached hydrogens (tertiary/aromatic N) is 2. The molecule has 1 aromatic carbocycles. The first-order chi connectivity index (χ1) is 8.60. The predicted molar refractivity (Wildman–Crippen MR) is 81.5 cm³/mol. The average molecular weight is 391 g/mol. The summed E-state index contributed by atoms with van der Waals surface area (Å²) in [6, 6.07) is 6.07. The molecule has 1 heterocycles. The molecule has 0 aliphatic heterocycles. The molecule has 3 nitrogen and oxygen atoms in total. The van der Waals surface area contributed by atoms with Gasteiger partial charge < -0.3 is 5.32 Å². The third-order valence-electron chi connectivity index (χ3n) is 2.42. The zero-order valence-corrected chi connectivity index (χ0v) is 13.5. The standard InChI is InChI=1S/C12H10Br2ClN3/c1-2-7-5-8(13)3-4-10(7)17-11-9(14)6-16-12(15)18-11/h3-6H,2H2,1H3,(H,16,17,18). The molecule has 0 saturated carbocycles. The van der Waals surface area contributed by atoms with E-state index in [4.69, 9.17) is 11.6 Å². The van der Waals surface area contributed by atoms with Gasteiger partial charge in [-0.15, -0.1) is 0 Å². The lowest BCUT2D eigenvalue weighted by atomic mass is 10.1. The van der Waals surface area contributed by atoms with Crippen molar-refractivity contribution in [3.63, 3.8) is 0 Å². The number of aromatic nitrogens is 2. The van der Waals surface area contributed by atoms with Crippen LogP contribution in [0.2, 0.25) is 5.28 Å². The summed E-state index contributed by atoms with van der Waals surface area (Å²) in [6.07, 6.45) is 2.56. The van der Waals surface area contributed by atoms with Gasteiger partial charge in [-0.3, -0.25) is 0 Å². The fourth-order valence-electron chi connectivity index (χ4n) is 1.54. The summed E-state index contributed by atoms with van der Waals surface area (Å²) in [6.45, 7) is 2.11. The summed E-state index contributed by atoms with van der Waals surface area (Å²) in [4.78, 5) is 8.05. The Morgan fingerprint density at radius 2 is 2.11 bits per heavy atom. The Morgan fingerprint density at radius 3 is 2.83 bits per heavy atom. The minimum absolute atomic E-state index is 0.218. The topological polar surface area (TPSA) is 37.8 Å². The Kier molecular flexibility index (Phi) is 4.59. The van der Waals surface area contributed by atoms with E-state index in [0.717, 1.165) is 21.1 Å². The van der Waals surface area contributed by atoms with Gasteiger partial charge in [-0.2, -0.15) is 4.98 Å². The minimum Gasteiger partial charge on any atom is -0.339 e. The molecule has 0 radical (unpaired) electrons. The maximum Gasteiger partial charge on any atom is 0.224 e. The van der Waals surface area contributed by atoms with Gasteiger partial charge >= 0.3 is 0 Å². The van der Waals surface area contributed by atoms with E-state index in [1.54, 1.807) is 6.20 Å². The molecule has 0 amide bonds. The molecule has 0 fully saturated rings. The number of hydrogen-bond acceptors (Lipinski definition) is 3.